The normalized spacial score (nSPS) is 11.9. The van der Waals surface area contributed by atoms with E-state index in [-0.39, 0.29) is 11.3 Å². The summed E-state index contributed by atoms with van der Waals surface area (Å²) in [4.78, 5) is 29.2. The highest BCUT2D eigenvalue weighted by Gasteiger charge is 2.18. The molecule has 9 heteroatoms. The monoisotopic (exact) mass is 491 g/mol. The van der Waals surface area contributed by atoms with E-state index in [1.54, 1.807) is 37.3 Å². The van der Waals surface area contributed by atoms with Crippen LogP contribution in [0.1, 0.15) is 27.2 Å². The third kappa shape index (κ3) is 4.47. The second kappa shape index (κ2) is 8.70. The van der Waals surface area contributed by atoms with Gasteiger partial charge in [-0.15, -0.1) is 0 Å². The fraction of sp³-hybridized carbons (Fsp3) is 0.179. The molecular formula is C28H25N7O2. The van der Waals surface area contributed by atoms with Gasteiger partial charge in [-0.2, -0.15) is 5.10 Å². The lowest BCUT2D eigenvalue weighted by atomic mass is 9.92. The van der Waals surface area contributed by atoms with Crippen molar-refractivity contribution in [2.45, 2.75) is 27.2 Å². The van der Waals surface area contributed by atoms with Gasteiger partial charge in [-0.25, -0.2) is 0 Å². The molecule has 184 valence electrons. The molecule has 0 bridgehead atoms. The third-order valence-corrected chi connectivity index (χ3v) is 6.09. The highest BCUT2D eigenvalue weighted by molar-refractivity contribution is 6.01. The summed E-state index contributed by atoms with van der Waals surface area (Å²) < 4.78 is 5.27. The first-order valence-electron chi connectivity index (χ1n) is 11.9. The number of carbonyl (C=O) groups is 1. The smallest absolute Gasteiger partial charge is 0.224 e. The van der Waals surface area contributed by atoms with E-state index in [9.17, 15) is 4.79 Å². The topological polar surface area (TPSA) is 125 Å². The minimum atomic E-state index is -0.0998. The number of aromatic nitrogens is 6. The fourth-order valence-corrected chi connectivity index (χ4v) is 4.44. The number of fused-ring (bicyclic) bond motifs is 2. The minimum absolute atomic E-state index is 0.0462. The van der Waals surface area contributed by atoms with Crippen molar-refractivity contribution in [3.05, 3.63) is 67.8 Å². The Labute approximate surface area is 212 Å². The lowest BCUT2D eigenvalue weighted by Crippen LogP contribution is -2.19. The van der Waals surface area contributed by atoms with Crippen molar-refractivity contribution < 1.29 is 9.21 Å². The highest BCUT2D eigenvalue weighted by Crippen LogP contribution is 2.34. The lowest BCUT2D eigenvalue weighted by molar-refractivity contribution is -0.117. The molecule has 0 aliphatic heterocycles. The van der Waals surface area contributed by atoms with E-state index < -0.39 is 0 Å². The second-order valence-corrected chi connectivity index (χ2v) is 10.3. The molecule has 6 heterocycles. The number of H-pyrrole nitrogens is 2. The summed E-state index contributed by atoms with van der Waals surface area (Å²) in [6.07, 6.45) is 12.5. The Morgan fingerprint density at radius 1 is 0.973 bits per heavy atom. The number of aromatic amines is 2. The number of pyridine rings is 3. The van der Waals surface area contributed by atoms with Gasteiger partial charge in [-0.1, -0.05) is 20.8 Å². The molecule has 0 aliphatic carbocycles. The van der Waals surface area contributed by atoms with Crippen LogP contribution in [0.3, 0.4) is 0 Å². The van der Waals surface area contributed by atoms with Crippen LogP contribution in [0.25, 0.3) is 55.6 Å². The van der Waals surface area contributed by atoms with Gasteiger partial charge < -0.3 is 14.7 Å². The van der Waals surface area contributed by atoms with Crippen molar-refractivity contribution in [1.82, 2.24) is 30.1 Å². The van der Waals surface area contributed by atoms with Gasteiger partial charge in [0.2, 0.25) is 5.91 Å². The Morgan fingerprint density at radius 2 is 1.84 bits per heavy atom. The molecule has 6 rings (SSSR count). The summed E-state index contributed by atoms with van der Waals surface area (Å²) in [5.41, 5.74) is 7.35. The van der Waals surface area contributed by atoms with E-state index >= 15 is 0 Å². The molecule has 6 aromatic heterocycles. The Morgan fingerprint density at radius 3 is 2.65 bits per heavy atom. The largest absolute Gasteiger partial charge is 0.472 e. The van der Waals surface area contributed by atoms with Crippen LogP contribution < -0.4 is 5.32 Å². The molecule has 0 radical (unpaired) electrons. The highest BCUT2D eigenvalue weighted by atomic mass is 16.3. The molecular weight excluding hydrogens is 466 g/mol. The van der Waals surface area contributed by atoms with Crippen molar-refractivity contribution in [3.8, 4) is 33.8 Å². The molecule has 0 aliphatic rings. The van der Waals surface area contributed by atoms with Crippen LogP contribution >= 0.6 is 0 Å². The van der Waals surface area contributed by atoms with Crippen molar-refractivity contribution in [1.29, 1.82) is 0 Å². The van der Waals surface area contributed by atoms with Crippen LogP contribution in [0.2, 0.25) is 0 Å². The van der Waals surface area contributed by atoms with Crippen LogP contribution in [0, 0.1) is 5.41 Å². The summed E-state index contributed by atoms with van der Waals surface area (Å²) in [6.45, 7) is 6.10. The first-order valence-corrected chi connectivity index (χ1v) is 11.9. The van der Waals surface area contributed by atoms with Gasteiger partial charge in [-0.3, -0.25) is 24.8 Å². The van der Waals surface area contributed by atoms with Crippen molar-refractivity contribution >= 4 is 33.4 Å². The Kier molecular flexibility index (Phi) is 5.33. The SMILES string of the molecule is CC(C)(C)CC(=O)Nc1cncc(-c2cc3c(-c4cc5c(-c6ccoc6)cncc5[nH]4)n[nH]c3cn2)c1. The summed E-state index contributed by atoms with van der Waals surface area (Å²) in [7, 11) is 0. The number of carbonyl (C=O) groups excluding carboxylic acids is 1. The van der Waals surface area contributed by atoms with Crippen LogP contribution in [0.15, 0.2) is 72.2 Å². The van der Waals surface area contributed by atoms with Crippen molar-refractivity contribution in [2.75, 3.05) is 5.32 Å². The van der Waals surface area contributed by atoms with Gasteiger partial charge in [0.1, 0.15) is 5.69 Å². The number of amides is 1. The zero-order valence-corrected chi connectivity index (χ0v) is 20.7. The average molecular weight is 492 g/mol. The maximum atomic E-state index is 12.4. The Balaban J connectivity index is 1.36. The predicted molar refractivity (Wildman–Crippen MR) is 143 cm³/mol. The van der Waals surface area contributed by atoms with E-state index in [4.69, 9.17) is 4.42 Å². The first-order chi connectivity index (χ1) is 17.8. The maximum absolute atomic E-state index is 12.4. The second-order valence-electron chi connectivity index (χ2n) is 10.3. The number of hydrogen-bond acceptors (Lipinski definition) is 6. The molecule has 0 atom stereocenters. The Bertz CT molecular complexity index is 1740. The zero-order chi connectivity index (χ0) is 25.6. The molecule has 3 N–H and O–H groups in total. The minimum Gasteiger partial charge on any atom is -0.472 e. The van der Waals surface area contributed by atoms with Crippen molar-refractivity contribution in [3.63, 3.8) is 0 Å². The van der Waals surface area contributed by atoms with E-state index in [2.05, 4.69) is 41.5 Å². The molecule has 0 aromatic carbocycles. The third-order valence-electron chi connectivity index (χ3n) is 6.09. The zero-order valence-electron chi connectivity index (χ0n) is 20.7. The Hall–Kier alpha value is -4.79. The fourth-order valence-electron chi connectivity index (χ4n) is 4.44. The number of hydrogen-bond donors (Lipinski definition) is 3. The molecule has 9 nitrogen and oxygen atoms in total. The van der Waals surface area contributed by atoms with Gasteiger partial charge in [0.15, 0.2) is 0 Å². The molecule has 0 saturated carbocycles. The summed E-state index contributed by atoms with van der Waals surface area (Å²) in [5, 5.41) is 12.5. The molecule has 6 aromatic rings. The number of rotatable bonds is 5. The van der Waals surface area contributed by atoms with Crippen LogP contribution in [0.4, 0.5) is 5.69 Å². The van der Waals surface area contributed by atoms with Gasteiger partial charge in [0.05, 0.1) is 59.2 Å². The molecule has 37 heavy (non-hydrogen) atoms. The van der Waals surface area contributed by atoms with Crippen LogP contribution in [-0.4, -0.2) is 36.0 Å². The number of furan rings is 1. The van der Waals surface area contributed by atoms with Gasteiger partial charge in [-0.05, 0) is 29.7 Å². The van der Waals surface area contributed by atoms with E-state index in [1.807, 2.05) is 45.2 Å². The average Bonchev–Trinajstić information content (AvgIpc) is 3.61. The van der Waals surface area contributed by atoms with Crippen molar-refractivity contribution in [2.24, 2.45) is 5.41 Å². The molecule has 0 unspecified atom stereocenters. The molecule has 0 fully saturated rings. The van der Waals surface area contributed by atoms with Crippen LogP contribution in [0.5, 0.6) is 0 Å². The summed E-state index contributed by atoms with van der Waals surface area (Å²) in [5.74, 6) is -0.0462. The standard InChI is InChI=1S/C28H25N7O2/c1-28(2,3)9-26(36)32-18-6-17(10-29-11-18)22-8-20-25(14-31-22)34-35-27(20)23-7-19-21(16-4-5-37-15-16)12-30-13-24(19)33-23/h4-8,10-15,33H,9H2,1-3H3,(H,32,36)(H,34,35). The van der Waals surface area contributed by atoms with E-state index in [0.29, 0.717) is 12.1 Å². The van der Waals surface area contributed by atoms with Crippen LogP contribution in [-0.2, 0) is 4.79 Å². The van der Waals surface area contributed by atoms with E-state index in [0.717, 1.165) is 55.6 Å². The number of nitrogens with zero attached hydrogens (tertiary/aromatic N) is 4. The summed E-state index contributed by atoms with van der Waals surface area (Å²) in [6, 6.07) is 7.85. The van der Waals surface area contributed by atoms with Gasteiger partial charge >= 0.3 is 0 Å². The number of anilines is 1. The molecule has 0 spiro atoms. The number of nitrogens with one attached hydrogen (secondary N) is 3. The van der Waals surface area contributed by atoms with Gasteiger partial charge in [0, 0.05) is 46.3 Å². The summed E-state index contributed by atoms with van der Waals surface area (Å²) >= 11 is 0. The first kappa shape index (κ1) is 22.7. The molecule has 0 saturated heterocycles. The predicted octanol–water partition coefficient (Wildman–Crippen LogP) is 6.20. The maximum Gasteiger partial charge on any atom is 0.224 e. The molecule has 1 amide bonds. The van der Waals surface area contributed by atoms with Gasteiger partial charge in [0.25, 0.3) is 0 Å². The quantitative estimate of drug-likeness (QED) is 0.264. The lowest BCUT2D eigenvalue weighted by Gasteiger charge is -2.17. The van der Waals surface area contributed by atoms with E-state index in [1.165, 1.54) is 0 Å².